The highest BCUT2D eigenvalue weighted by atomic mass is 16.5. The maximum atomic E-state index is 5.90. The third-order valence-electron chi connectivity index (χ3n) is 6.76. The first-order valence-electron chi connectivity index (χ1n) is 12.7. The Kier molecular flexibility index (Phi) is 8.78. The second-order valence-electron chi connectivity index (χ2n) is 9.19. The molecule has 0 aliphatic carbocycles. The molecular weight excluding hydrogens is 412 g/mol. The number of ether oxygens (including phenoxy) is 1. The van der Waals surface area contributed by atoms with Gasteiger partial charge in [-0.2, -0.15) is 4.98 Å². The monoisotopic (exact) mass is 452 g/mol. The van der Waals surface area contributed by atoms with Gasteiger partial charge in [0.1, 0.15) is 18.2 Å². The van der Waals surface area contributed by atoms with Crippen LogP contribution in [0.4, 0.5) is 11.8 Å². The van der Waals surface area contributed by atoms with Crippen molar-refractivity contribution in [1.82, 2.24) is 19.8 Å². The van der Waals surface area contributed by atoms with Crippen LogP contribution in [0.3, 0.4) is 0 Å². The van der Waals surface area contributed by atoms with Gasteiger partial charge in [-0.05, 0) is 49.7 Å². The van der Waals surface area contributed by atoms with Gasteiger partial charge in [0.2, 0.25) is 5.95 Å². The summed E-state index contributed by atoms with van der Waals surface area (Å²) < 4.78 is 5.90. The van der Waals surface area contributed by atoms with E-state index in [0.29, 0.717) is 6.04 Å². The summed E-state index contributed by atoms with van der Waals surface area (Å²) in [5.74, 6) is 2.77. The Morgan fingerprint density at radius 2 is 1.73 bits per heavy atom. The summed E-state index contributed by atoms with van der Waals surface area (Å²) in [5, 5.41) is 3.53. The molecule has 0 spiro atoms. The lowest BCUT2D eigenvalue weighted by Crippen LogP contribution is -2.54. The van der Waals surface area contributed by atoms with Crippen molar-refractivity contribution in [2.45, 2.75) is 52.1 Å². The number of likely N-dealkylation sites (N-methyl/N-ethyl adjacent to an activating group) is 1. The third kappa shape index (κ3) is 7.05. The molecule has 0 bridgehead atoms. The van der Waals surface area contributed by atoms with Gasteiger partial charge in [-0.25, -0.2) is 4.98 Å². The minimum atomic E-state index is 0.409. The highest BCUT2D eigenvalue weighted by molar-refractivity contribution is 5.43. The van der Waals surface area contributed by atoms with E-state index in [1.807, 2.05) is 12.3 Å². The first-order chi connectivity index (χ1) is 16.2. The maximum absolute atomic E-state index is 5.90. The molecule has 0 amide bonds. The average molecular weight is 453 g/mol. The SMILES string of the molecule is CCN(CC)CCOc1ccc(CN2CC(Nc3nccc(N4CCCCCC4)n3)C2)cc1. The van der Waals surface area contributed by atoms with Crippen molar-refractivity contribution in [1.29, 1.82) is 0 Å². The summed E-state index contributed by atoms with van der Waals surface area (Å²) in [6, 6.07) is 11.0. The average Bonchev–Trinajstić information content (AvgIpc) is 3.11. The Balaban J connectivity index is 1.18. The Morgan fingerprint density at radius 1 is 1.00 bits per heavy atom. The fraction of sp³-hybridized carbons (Fsp3) is 0.615. The molecule has 180 valence electrons. The predicted molar refractivity (Wildman–Crippen MR) is 135 cm³/mol. The van der Waals surface area contributed by atoms with Gasteiger partial charge in [-0.15, -0.1) is 0 Å². The molecule has 0 saturated carbocycles. The summed E-state index contributed by atoms with van der Waals surface area (Å²) in [5.41, 5.74) is 1.32. The van der Waals surface area contributed by atoms with Crippen LogP contribution in [0.2, 0.25) is 0 Å². The van der Waals surface area contributed by atoms with E-state index in [2.05, 4.69) is 63.1 Å². The predicted octanol–water partition coefficient (Wildman–Crippen LogP) is 3.87. The van der Waals surface area contributed by atoms with E-state index >= 15 is 0 Å². The zero-order chi connectivity index (χ0) is 22.9. The van der Waals surface area contributed by atoms with Gasteiger partial charge in [0, 0.05) is 45.5 Å². The van der Waals surface area contributed by atoms with Gasteiger partial charge in [0.05, 0.1) is 6.04 Å². The van der Waals surface area contributed by atoms with Crippen LogP contribution < -0.4 is 15.0 Å². The van der Waals surface area contributed by atoms with Crippen molar-refractivity contribution in [3.05, 3.63) is 42.1 Å². The molecule has 3 heterocycles. The molecule has 2 aromatic rings. The van der Waals surface area contributed by atoms with Gasteiger partial charge in [-0.1, -0.05) is 38.8 Å². The molecule has 4 rings (SSSR count). The number of rotatable bonds is 11. The molecule has 1 N–H and O–H groups in total. The quantitative estimate of drug-likeness (QED) is 0.555. The maximum Gasteiger partial charge on any atom is 0.224 e. The molecular formula is C26H40N6O. The molecule has 2 aliphatic heterocycles. The molecule has 0 atom stereocenters. The molecule has 0 radical (unpaired) electrons. The molecule has 2 aliphatic rings. The number of hydrogen-bond donors (Lipinski definition) is 1. The zero-order valence-electron chi connectivity index (χ0n) is 20.4. The van der Waals surface area contributed by atoms with E-state index in [-0.39, 0.29) is 0 Å². The van der Waals surface area contributed by atoms with Gasteiger partial charge in [0.15, 0.2) is 0 Å². The van der Waals surface area contributed by atoms with Gasteiger partial charge in [-0.3, -0.25) is 4.90 Å². The standard InChI is InChI=1S/C26H40N6O/c1-3-30(4-2)17-18-33-24-11-9-22(10-12-24)19-31-20-23(21-31)28-26-27-14-13-25(29-26)32-15-7-5-6-8-16-32/h9-14,23H,3-8,15-21H2,1-2H3,(H,27,28,29). The Labute approximate surface area is 199 Å². The highest BCUT2D eigenvalue weighted by Gasteiger charge is 2.27. The molecule has 2 fully saturated rings. The number of benzene rings is 1. The van der Waals surface area contributed by atoms with Crippen molar-refractivity contribution in [3.63, 3.8) is 0 Å². The van der Waals surface area contributed by atoms with Crippen LogP contribution in [-0.2, 0) is 6.54 Å². The Bertz CT molecular complexity index is 827. The van der Waals surface area contributed by atoms with E-state index in [9.17, 15) is 0 Å². The topological polar surface area (TPSA) is 56.8 Å². The van der Waals surface area contributed by atoms with Gasteiger partial charge >= 0.3 is 0 Å². The van der Waals surface area contributed by atoms with E-state index < -0.39 is 0 Å². The molecule has 0 unspecified atom stereocenters. The summed E-state index contributed by atoms with van der Waals surface area (Å²) in [6.45, 7) is 13.4. The number of aromatic nitrogens is 2. The van der Waals surface area contributed by atoms with Crippen molar-refractivity contribution in [2.75, 3.05) is 62.6 Å². The Hall–Kier alpha value is -2.38. The second-order valence-corrected chi connectivity index (χ2v) is 9.19. The summed E-state index contributed by atoms with van der Waals surface area (Å²) in [7, 11) is 0. The smallest absolute Gasteiger partial charge is 0.224 e. The van der Waals surface area contributed by atoms with Crippen LogP contribution in [0.25, 0.3) is 0 Å². The lowest BCUT2D eigenvalue weighted by molar-refractivity contribution is 0.152. The number of nitrogens with zero attached hydrogens (tertiary/aromatic N) is 5. The highest BCUT2D eigenvalue weighted by Crippen LogP contribution is 2.21. The van der Waals surface area contributed by atoms with Crippen molar-refractivity contribution in [3.8, 4) is 5.75 Å². The second kappa shape index (κ2) is 12.2. The third-order valence-corrected chi connectivity index (χ3v) is 6.76. The van der Waals surface area contributed by atoms with E-state index in [1.165, 1.54) is 31.2 Å². The van der Waals surface area contributed by atoms with Crippen molar-refractivity contribution < 1.29 is 4.74 Å². The minimum Gasteiger partial charge on any atom is -0.492 e. The normalized spacial score (nSPS) is 17.6. The largest absolute Gasteiger partial charge is 0.492 e. The molecule has 1 aromatic carbocycles. The summed E-state index contributed by atoms with van der Waals surface area (Å²) in [4.78, 5) is 16.5. The lowest BCUT2D eigenvalue weighted by atomic mass is 10.1. The van der Waals surface area contributed by atoms with Crippen LogP contribution in [0.5, 0.6) is 5.75 Å². The molecule has 7 nitrogen and oxygen atoms in total. The van der Waals surface area contributed by atoms with Gasteiger partial charge < -0.3 is 19.9 Å². The molecule has 1 aromatic heterocycles. The number of hydrogen-bond acceptors (Lipinski definition) is 7. The number of nitrogens with one attached hydrogen (secondary N) is 1. The van der Waals surface area contributed by atoms with E-state index in [4.69, 9.17) is 9.72 Å². The van der Waals surface area contributed by atoms with Crippen molar-refractivity contribution >= 4 is 11.8 Å². The van der Waals surface area contributed by atoms with E-state index in [1.54, 1.807) is 0 Å². The first kappa shape index (κ1) is 23.8. The fourth-order valence-corrected chi connectivity index (χ4v) is 4.65. The lowest BCUT2D eigenvalue weighted by Gasteiger charge is -2.39. The van der Waals surface area contributed by atoms with Crippen LogP contribution in [0, 0.1) is 0 Å². The zero-order valence-corrected chi connectivity index (χ0v) is 20.4. The minimum absolute atomic E-state index is 0.409. The number of likely N-dealkylation sites (tertiary alicyclic amines) is 1. The number of anilines is 2. The van der Waals surface area contributed by atoms with Gasteiger partial charge in [0.25, 0.3) is 0 Å². The summed E-state index contributed by atoms with van der Waals surface area (Å²) in [6.07, 6.45) is 7.06. The fourth-order valence-electron chi connectivity index (χ4n) is 4.65. The van der Waals surface area contributed by atoms with Crippen LogP contribution in [0.15, 0.2) is 36.5 Å². The first-order valence-corrected chi connectivity index (χ1v) is 12.7. The molecule has 33 heavy (non-hydrogen) atoms. The van der Waals surface area contributed by atoms with Crippen LogP contribution in [-0.4, -0.2) is 78.2 Å². The Morgan fingerprint density at radius 3 is 2.42 bits per heavy atom. The van der Waals surface area contributed by atoms with Crippen molar-refractivity contribution in [2.24, 2.45) is 0 Å². The molecule has 2 saturated heterocycles. The van der Waals surface area contributed by atoms with E-state index in [0.717, 1.165) is 76.5 Å². The van der Waals surface area contributed by atoms with Crippen LogP contribution >= 0.6 is 0 Å². The molecule has 7 heteroatoms. The summed E-state index contributed by atoms with van der Waals surface area (Å²) >= 11 is 0. The van der Waals surface area contributed by atoms with Crippen LogP contribution in [0.1, 0.15) is 45.1 Å².